The fourth-order valence-electron chi connectivity index (χ4n) is 3.63. The molecule has 480 valence electrons. The summed E-state index contributed by atoms with van der Waals surface area (Å²) < 4.78 is 0. The van der Waals surface area contributed by atoms with E-state index in [2.05, 4.69) is 693 Å². The highest BCUT2D eigenvalue weighted by molar-refractivity contribution is 5.58. The Hall–Kier alpha value is -26.0. The number of hydrogen-bond acceptors (Lipinski definition) is 0. The van der Waals surface area contributed by atoms with E-state index in [-0.39, 0.29) is 0 Å². The van der Waals surface area contributed by atoms with Gasteiger partial charge >= 0.3 is 0 Å². The highest BCUT2D eigenvalue weighted by Crippen LogP contribution is 1.69. The maximum absolute atomic E-state index is 4.95. The van der Waals surface area contributed by atoms with Crippen LogP contribution in [0.15, 0.2) is 0 Å². The highest BCUT2D eigenvalue weighted by Gasteiger charge is 1.69. The second-order valence-corrected chi connectivity index (χ2v) is 14.8. The SMILES string of the molecule is C#CC#CC#CC#CC#CC#CC#CC#CC#CC#CC#CC#CC#CC#CC#CC#CC#CC#CC#CC#CC#CC#CC#CC#CC#CC#CC#CC#CC#CC#CC#CC#CC#CC#CC#CC#CC#CC#CC#CC#CC#CC#CC#CC#CC#CC#CC#CC#CC#CC#CC#CC#CC#CC#CC#CC#CC#CC#CC#CC. The summed E-state index contributed by atoms with van der Waals surface area (Å²) in [7, 11) is 0. The lowest BCUT2D eigenvalue weighted by Crippen LogP contribution is -1.57. The van der Waals surface area contributed by atoms with Crippen molar-refractivity contribution in [3.05, 3.63) is 0 Å². The summed E-state index contributed by atoms with van der Waals surface area (Å²) in [6.45, 7) is 1.68. The summed E-state index contributed by atoms with van der Waals surface area (Å²) in [6.07, 6.45) is 4.95. The van der Waals surface area contributed by atoms with Gasteiger partial charge in [0.2, 0.25) is 0 Å². The van der Waals surface area contributed by atoms with Crippen molar-refractivity contribution in [2.24, 2.45) is 0 Å². The number of hydrogen-bond donors (Lipinski definition) is 0. The molecule has 0 aliphatic carbocycles. The van der Waals surface area contributed by atoms with Gasteiger partial charge in [-0.05, 0) is 102 Å². The second-order valence-electron chi connectivity index (χ2n) is 14.8. The fourth-order valence-corrected chi connectivity index (χ4v) is 3.63. The van der Waals surface area contributed by atoms with Crippen molar-refractivity contribution in [1.29, 1.82) is 0 Å². The Morgan fingerprint density at radius 1 is 0.0672 bits per heavy atom. The molecule has 0 atom stereocenters. The molecular weight excluding hydrogens is 1430 g/mol. The third-order valence-corrected chi connectivity index (χ3v) is 7.32. The normalized spacial score (nSPS) is 3.97. The summed E-state index contributed by atoms with van der Waals surface area (Å²) in [5.41, 5.74) is 0. The van der Waals surface area contributed by atoms with E-state index < -0.39 is 0 Å². The van der Waals surface area contributed by atoms with E-state index in [4.69, 9.17) is 6.42 Å². The zero-order valence-corrected chi connectivity index (χ0v) is 60.1. The third-order valence-electron chi connectivity index (χ3n) is 7.32. The average Bonchev–Trinajstić information content (AvgIpc) is 1.70. The van der Waals surface area contributed by atoms with Crippen molar-refractivity contribution in [2.45, 2.75) is 6.92 Å². The maximum Gasteiger partial charge on any atom is 0 e. The first-order valence-corrected chi connectivity index (χ1v) is 29.8. The van der Waals surface area contributed by atoms with Gasteiger partial charge in [0, 0.05) is 592 Å². The van der Waals surface area contributed by atoms with Crippen LogP contribution in [0.25, 0.3) is 0 Å². The fraction of sp³-hybridized carbons (Fsp3) is 0.00840. The zero-order chi connectivity index (χ0) is 84.7. The van der Waals surface area contributed by atoms with Crippen molar-refractivity contribution in [3.63, 3.8) is 0 Å². The lowest BCUT2D eigenvalue weighted by atomic mass is 10.4. The summed E-state index contributed by atoms with van der Waals surface area (Å²) in [6, 6.07) is 0. The summed E-state index contributed by atoms with van der Waals surface area (Å²) >= 11 is 0. The molecule has 0 saturated carbocycles. The van der Waals surface area contributed by atoms with Gasteiger partial charge in [-0.1, -0.05) is 5.92 Å². The van der Waals surface area contributed by atoms with Gasteiger partial charge < -0.3 is 0 Å². The highest BCUT2D eigenvalue weighted by atomic mass is 13.7. The van der Waals surface area contributed by atoms with Gasteiger partial charge in [-0.15, -0.1) is 6.42 Å². The van der Waals surface area contributed by atoms with Crippen LogP contribution in [0.4, 0.5) is 0 Å². The Bertz CT molecular complexity index is 8370. The van der Waals surface area contributed by atoms with Gasteiger partial charge in [0.15, 0.2) is 0 Å². The third kappa shape index (κ3) is 92.0. The van der Waals surface area contributed by atoms with E-state index >= 15 is 0 Å². The van der Waals surface area contributed by atoms with Crippen molar-refractivity contribution in [1.82, 2.24) is 0 Å². The molecule has 0 spiro atoms. The Balaban J connectivity index is 4.65. The second kappa shape index (κ2) is 92.0. The van der Waals surface area contributed by atoms with Crippen molar-refractivity contribution < 1.29 is 0 Å². The molecule has 119 heavy (non-hydrogen) atoms. The molecule has 0 saturated heterocycles. The molecule has 0 rings (SSSR count). The molecule has 0 nitrogen and oxygen atoms in total. The van der Waals surface area contributed by atoms with Crippen LogP contribution in [0.1, 0.15) is 6.92 Å². The van der Waals surface area contributed by atoms with E-state index in [1.54, 1.807) is 6.92 Å². The largest absolute Gasteiger partial charge is 0.106 e. The van der Waals surface area contributed by atoms with E-state index in [1.165, 1.54) is 0 Å². The van der Waals surface area contributed by atoms with Crippen molar-refractivity contribution >= 4 is 0 Å². The molecule has 0 aromatic carbocycles. The molecule has 0 unspecified atom stereocenters. The first kappa shape index (κ1) is 93.0. The standard InChI is InChI=1S/C119H4/c1-3-5-7-9-11-13-15-17-19-21-23-25-27-29-31-33-35-37-39-41-43-45-47-49-51-53-55-57-59-61-63-65-67-69-71-73-75-77-79-81-83-85-87-89-91-93-95-97-99-101-103-105-107-109-111-113-115-117-119-118-116-114-112-110-108-106-104-102-100-98-96-94-92-90-88-86-84-82-80-78-76-74-72-70-68-66-64-62-60-58-56-54-52-50-48-46-44-42-40-38-36-34-32-30-28-26-24-22-20-18-16-14-12-10-8-6-4-2/h1H,2H3. The average molecular weight is 1430 g/mol. The van der Waals surface area contributed by atoms with Crippen LogP contribution in [-0.4, -0.2) is 0 Å². The van der Waals surface area contributed by atoms with Gasteiger partial charge in [0.05, 0.1) is 0 Å². The van der Waals surface area contributed by atoms with Crippen LogP contribution in [0.3, 0.4) is 0 Å². The van der Waals surface area contributed by atoms with Gasteiger partial charge in [-0.3, -0.25) is 0 Å². The first-order chi connectivity index (χ1) is 59.4. The Labute approximate surface area is 701 Å². The number of terminal acetylenes is 1. The minimum absolute atomic E-state index is 1.68. The van der Waals surface area contributed by atoms with Gasteiger partial charge in [-0.2, -0.15) is 0 Å². The summed E-state index contributed by atoms with van der Waals surface area (Å²) in [5.74, 6) is 292. The van der Waals surface area contributed by atoms with Crippen molar-refractivity contribution in [2.75, 3.05) is 0 Å². The molecule has 0 heteroatoms. The zero-order valence-electron chi connectivity index (χ0n) is 60.1. The van der Waals surface area contributed by atoms with Crippen LogP contribution in [0, 0.1) is 699 Å². The molecule has 0 aromatic rings. The van der Waals surface area contributed by atoms with Crippen LogP contribution in [0.5, 0.6) is 0 Å². The molecule has 0 N–H and O–H groups in total. The Kier molecular flexibility index (Phi) is 72.0. The molecular formula is C119H4. The summed E-state index contributed by atoms with van der Waals surface area (Å²) in [5, 5.41) is 0. The predicted molar refractivity (Wildman–Crippen MR) is 466 cm³/mol. The van der Waals surface area contributed by atoms with Crippen LogP contribution >= 0.6 is 0 Å². The van der Waals surface area contributed by atoms with Gasteiger partial charge in [0.25, 0.3) is 0 Å². The monoisotopic (exact) mass is 1430 g/mol. The molecule has 0 radical (unpaired) electrons. The molecule has 0 aliphatic rings. The molecule has 0 bridgehead atoms. The van der Waals surface area contributed by atoms with Gasteiger partial charge in [0.1, 0.15) is 0 Å². The predicted octanol–water partition coefficient (Wildman–Crippen LogP) is 0.837. The molecule has 0 fully saturated rings. The van der Waals surface area contributed by atoms with E-state index in [1.807, 2.05) is 0 Å². The molecule has 0 heterocycles. The lowest BCUT2D eigenvalue weighted by molar-refractivity contribution is 1.92. The Morgan fingerprint density at radius 2 is 0.109 bits per heavy atom. The van der Waals surface area contributed by atoms with Crippen LogP contribution in [-0.2, 0) is 0 Å². The molecule has 0 aromatic heterocycles. The maximum atomic E-state index is 4.95. The van der Waals surface area contributed by atoms with Crippen molar-refractivity contribution in [3.8, 4) is 699 Å². The van der Waals surface area contributed by atoms with E-state index in [0.717, 1.165) is 0 Å². The van der Waals surface area contributed by atoms with E-state index in [0.29, 0.717) is 0 Å². The Morgan fingerprint density at radius 3 is 0.151 bits per heavy atom. The lowest BCUT2D eigenvalue weighted by Gasteiger charge is -1.58. The minimum atomic E-state index is 1.68. The van der Waals surface area contributed by atoms with Crippen LogP contribution < -0.4 is 0 Å². The first-order valence-electron chi connectivity index (χ1n) is 29.8. The van der Waals surface area contributed by atoms with Crippen LogP contribution in [0.2, 0.25) is 0 Å². The van der Waals surface area contributed by atoms with Gasteiger partial charge in [-0.25, -0.2) is 0 Å². The number of rotatable bonds is 0. The summed E-state index contributed by atoms with van der Waals surface area (Å²) in [4.78, 5) is 0. The quantitative estimate of drug-likeness (QED) is 0.316. The van der Waals surface area contributed by atoms with E-state index in [9.17, 15) is 0 Å². The molecule has 0 aliphatic heterocycles. The topological polar surface area (TPSA) is 0 Å². The minimum Gasteiger partial charge on any atom is -0.106 e. The smallest absolute Gasteiger partial charge is 0 e. The molecule has 0 amide bonds.